The van der Waals surface area contributed by atoms with Gasteiger partial charge in [-0.25, -0.2) is 0 Å². The Hall–Kier alpha value is -1.06. The summed E-state index contributed by atoms with van der Waals surface area (Å²) in [5.41, 5.74) is 9.06. The molecule has 88 valence electrons. The molecule has 0 bridgehead atoms. The second-order valence-corrected chi connectivity index (χ2v) is 4.28. The van der Waals surface area contributed by atoms with Gasteiger partial charge < -0.3 is 15.6 Å². The SMILES string of the molecule is COc1ccc2c(c1C(O)CN)CCCC2. The molecule has 1 aliphatic carbocycles. The molecule has 1 aromatic carbocycles. The van der Waals surface area contributed by atoms with Gasteiger partial charge in [0.25, 0.3) is 0 Å². The molecule has 2 rings (SSSR count). The zero-order valence-corrected chi connectivity index (χ0v) is 9.70. The quantitative estimate of drug-likeness (QED) is 0.814. The van der Waals surface area contributed by atoms with Crippen molar-refractivity contribution in [3.8, 4) is 5.75 Å². The van der Waals surface area contributed by atoms with Crippen molar-refractivity contribution in [3.63, 3.8) is 0 Å². The molecule has 0 heterocycles. The van der Waals surface area contributed by atoms with E-state index in [4.69, 9.17) is 10.5 Å². The molecule has 3 heteroatoms. The average Bonchev–Trinajstić information content (AvgIpc) is 2.36. The van der Waals surface area contributed by atoms with Crippen molar-refractivity contribution in [2.45, 2.75) is 31.8 Å². The molecule has 0 saturated carbocycles. The van der Waals surface area contributed by atoms with Crippen LogP contribution >= 0.6 is 0 Å². The Bertz CT molecular complexity index is 376. The fraction of sp³-hybridized carbons (Fsp3) is 0.538. The van der Waals surface area contributed by atoms with E-state index in [0.717, 1.165) is 24.2 Å². The maximum Gasteiger partial charge on any atom is 0.125 e. The number of fused-ring (bicyclic) bond motifs is 1. The average molecular weight is 221 g/mol. The maximum atomic E-state index is 9.99. The molecule has 0 saturated heterocycles. The maximum absolute atomic E-state index is 9.99. The molecule has 0 radical (unpaired) electrons. The highest BCUT2D eigenvalue weighted by atomic mass is 16.5. The lowest BCUT2D eigenvalue weighted by Gasteiger charge is -2.23. The van der Waals surface area contributed by atoms with Crippen molar-refractivity contribution < 1.29 is 9.84 Å². The Kier molecular flexibility index (Phi) is 3.46. The fourth-order valence-electron chi connectivity index (χ4n) is 2.50. The molecule has 0 amide bonds. The van der Waals surface area contributed by atoms with Crippen LogP contribution in [0.2, 0.25) is 0 Å². The summed E-state index contributed by atoms with van der Waals surface area (Å²) in [6, 6.07) is 4.05. The number of nitrogens with two attached hydrogens (primary N) is 1. The van der Waals surface area contributed by atoms with E-state index in [9.17, 15) is 5.11 Å². The van der Waals surface area contributed by atoms with Crippen LogP contribution in [0.5, 0.6) is 5.75 Å². The van der Waals surface area contributed by atoms with Crippen molar-refractivity contribution in [2.24, 2.45) is 5.73 Å². The van der Waals surface area contributed by atoms with Crippen LogP contribution in [-0.2, 0) is 12.8 Å². The van der Waals surface area contributed by atoms with Gasteiger partial charge in [0.15, 0.2) is 0 Å². The normalized spacial score (nSPS) is 16.7. The number of aryl methyl sites for hydroxylation is 1. The lowest BCUT2D eigenvalue weighted by molar-refractivity contribution is 0.180. The van der Waals surface area contributed by atoms with Gasteiger partial charge in [0.2, 0.25) is 0 Å². The van der Waals surface area contributed by atoms with E-state index in [1.807, 2.05) is 6.07 Å². The summed E-state index contributed by atoms with van der Waals surface area (Å²) in [5.74, 6) is 0.763. The van der Waals surface area contributed by atoms with E-state index >= 15 is 0 Å². The van der Waals surface area contributed by atoms with Crippen molar-refractivity contribution in [2.75, 3.05) is 13.7 Å². The van der Waals surface area contributed by atoms with E-state index in [-0.39, 0.29) is 6.54 Å². The van der Waals surface area contributed by atoms with Gasteiger partial charge in [-0.2, -0.15) is 0 Å². The van der Waals surface area contributed by atoms with E-state index in [1.165, 1.54) is 24.0 Å². The number of ether oxygens (including phenoxy) is 1. The largest absolute Gasteiger partial charge is 0.496 e. The Morgan fingerprint density at radius 3 is 2.81 bits per heavy atom. The highest BCUT2D eigenvalue weighted by Gasteiger charge is 2.21. The van der Waals surface area contributed by atoms with Gasteiger partial charge in [-0.15, -0.1) is 0 Å². The summed E-state index contributed by atoms with van der Waals surface area (Å²) in [7, 11) is 1.64. The third-order valence-electron chi connectivity index (χ3n) is 3.31. The molecule has 1 aromatic rings. The molecule has 0 spiro atoms. The van der Waals surface area contributed by atoms with Crippen molar-refractivity contribution in [1.82, 2.24) is 0 Å². The minimum Gasteiger partial charge on any atom is -0.496 e. The Balaban J connectivity index is 2.51. The molecule has 16 heavy (non-hydrogen) atoms. The second kappa shape index (κ2) is 4.85. The number of hydrogen-bond donors (Lipinski definition) is 2. The zero-order valence-electron chi connectivity index (χ0n) is 9.70. The van der Waals surface area contributed by atoms with Crippen molar-refractivity contribution in [1.29, 1.82) is 0 Å². The highest BCUT2D eigenvalue weighted by molar-refractivity contribution is 5.47. The highest BCUT2D eigenvalue weighted by Crippen LogP contribution is 2.34. The second-order valence-electron chi connectivity index (χ2n) is 4.28. The minimum atomic E-state index is -0.608. The van der Waals surface area contributed by atoms with Crippen LogP contribution < -0.4 is 10.5 Å². The summed E-state index contributed by atoms with van der Waals surface area (Å²) in [6.07, 6.45) is 3.94. The molecular weight excluding hydrogens is 202 g/mol. The zero-order chi connectivity index (χ0) is 11.5. The smallest absolute Gasteiger partial charge is 0.125 e. The Morgan fingerprint density at radius 2 is 2.12 bits per heavy atom. The molecule has 3 nitrogen and oxygen atoms in total. The number of aliphatic hydroxyl groups excluding tert-OH is 1. The van der Waals surface area contributed by atoms with Gasteiger partial charge >= 0.3 is 0 Å². The minimum absolute atomic E-state index is 0.243. The molecule has 0 aromatic heterocycles. The van der Waals surface area contributed by atoms with Crippen LogP contribution in [0.15, 0.2) is 12.1 Å². The summed E-state index contributed by atoms with van der Waals surface area (Å²) >= 11 is 0. The van der Waals surface area contributed by atoms with Gasteiger partial charge in [-0.1, -0.05) is 6.07 Å². The molecule has 3 N–H and O–H groups in total. The number of aliphatic hydroxyl groups is 1. The van der Waals surface area contributed by atoms with Crippen LogP contribution in [0.3, 0.4) is 0 Å². The lowest BCUT2D eigenvalue weighted by Crippen LogP contribution is -2.17. The standard InChI is InChI=1S/C13H19NO2/c1-16-12-7-6-9-4-2-3-5-10(9)13(12)11(15)8-14/h6-7,11,15H,2-5,8,14H2,1H3. The van der Waals surface area contributed by atoms with Crippen LogP contribution in [0.1, 0.15) is 35.6 Å². The first-order valence-electron chi connectivity index (χ1n) is 5.84. The predicted molar refractivity (Wildman–Crippen MR) is 63.7 cm³/mol. The van der Waals surface area contributed by atoms with E-state index in [1.54, 1.807) is 7.11 Å². The van der Waals surface area contributed by atoms with Crippen LogP contribution in [0.25, 0.3) is 0 Å². The van der Waals surface area contributed by atoms with Gasteiger partial charge in [-0.05, 0) is 42.9 Å². The molecule has 1 unspecified atom stereocenters. The Morgan fingerprint density at radius 1 is 1.38 bits per heavy atom. The molecular formula is C13H19NO2. The lowest BCUT2D eigenvalue weighted by atomic mass is 9.86. The summed E-state index contributed by atoms with van der Waals surface area (Å²) in [6.45, 7) is 0.243. The van der Waals surface area contributed by atoms with Gasteiger partial charge in [-0.3, -0.25) is 0 Å². The molecule has 0 aliphatic heterocycles. The van der Waals surface area contributed by atoms with Crippen LogP contribution in [0, 0.1) is 0 Å². The van der Waals surface area contributed by atoms with Crippen molar-refractivity contribution >= 4 is 0 Å². The topological polar surface area (TPSA) is 55.5 Å². The monoisotopic (exact) mass is 221 g/mol. The fourth-order valence-corrected chi connectivity index (χ4v) is 2.50. The van der Waals surface area contributed by atoms with Crippen LogP contribution in [0.4, 0.5) is 0 Å². The summed E-state index contributed by atoms with van der Waals surface area (Å²) in [4.78, 5) is 0. The molecule has 0 fully saturated rings. The number of methoxy groups -OCH3 is 1. The number of hydrogen-bond acceptors (Lipinski definition) is 3. The summed E-state index contributed by atoms with van der Waals surface area (Å²) < 4.78 is 5.32. The third kappa shape index (κ3) is 1.93. The predicted octanol–water partition coefficient (Wildman–Crippen LogP) is 1.57. The van der Waals surface area contributed by atoms with E-state index in [0.29, 0.717) is 0 Å². The molecule has 1 atom stereocenters. The van der Waals surface area contributed by atoms with Crippen LogP contribution in [-0.4, -0.2) is 18.8 Å². The first-order valence-corrected chi connectivity index (χ1v) is 5.84. The first kappa shape index (κ1) is 11.4. The van der Waals surface area contributed by atoms with Gasteiger partial charge in [0.1, 0.15) is 5.75 Å². The van der Waals surface area contributed by atoms with E-state index < -0.39 is 6.10 Å². The number of benzene rings is 1. The van der Waals surface area contributed by atoms with Gasteiger partial charge in [0, 0.05) is 12.1 Å². The first-order chi connectivity index (χ1) is 7.77. The third-order valence-corrected chi connectivity index (χ3v) is 3.31. The van der Waals surface area contributed by atoms with Crippen molar-refractivity contribution in [3.05, 3.63) is 28.8 Å². The van der Waals surface area contributed by atoms with Gasteiger partial charge in [0.05, 0.1) is 13.2 Å². The number of rotatable bonds is 3. The molecule has 1 aliphatic rings. The van der Waals surface area contributed by atoms with E-state index in [2.05, 4.69) is 6.07 Å². The summed E-state index contributed by atoms with van der Waals surface area (Å²) in [5, 5.41) is 9.99. The Labute approximate surface area is 96.2 Å².